The maximum absolute atomic E-state index is 10.9. The number of carbonyl (C=O) groups is 2. The molecule has 0 atom stereocenters. The van der Waals surface area contributed by atoms with Crippen molar-refractivity contribution in [3.05, 3.63) is 33.4 Å². The summed E-state index contributed by atoms with van der Waals surface area (Å²) in [6.07, 6.45) is 0. The van der Waals surface area contributed by atoms with Gasteiger partial charge in [-0.2, -0.15) is 0 Å². The SMILES string of the molecule is Cc1cc2c(cc1Cl)=NC(=O)C(=O)N=2. The monoisotopic (exact) mass is 208 g/mol. The number of halogens is 1. The Balaban J connectivity index is 2.87. The molecule has 0 unspecified atom stereocenters. The van der Waals surface area contributed by atoms with Crippen molar-refractivity contribution in [2.45, 2.75) is 6.92 Å². The summed E-state index contributed by atoms with van der Waals surface area (Å²) >= 11 is 5.83. The Labute approximate surface area is 83.9 Å². The van der Waals surface area contributed by atoms with Crippen LogP contribution < -0.4 is 10.7 Å². The quantitative estimate of drug-likeness (QED) is 0.562. The van der Waals surface area contributed by atoms with Crippen LogP contribution in [0.3, 0.4) is 0 Å². The molecule has 0 N–H and O–H groups in total. The second kappa shape index (κ2) is 2.99. The van der Waals surface area contributed by atoms with Gasteiger partial charge in [0.15, 0.2) is 0 Å². The highest BCUT2D eigenvalue weighted by atomic mass is 35.5. The van der Waals surface area contributed by atoms with Crippen molar-refractivity contribution in [2.75, 3.05) is 0 Å². The Hall–Kier alpha value is -1.55. The number of hydrogen-bond donors (Lipinski definition) is 0. The third-order valence-corrected chi connectivity index (χ3v) is 2.29. The summed E-state index contributed by atoms with van der Waals surface area (Å²) in [5.41, 5.74) is 0.798. The summed E-state index contributed by atoms with van der Waals surface area (Å²) in [5.74, 6) is -1.68. The van der Waals surface area contributed by atoms with Gasteiger partial charge in [-0.3, -0.25) is 9.59 Å². The van der Waals surface area contributed by atoms with Crippen LogP contribution >= 0.6 is 11.6 Å². The number of nitrogens with zero attached hydrogens (tertiary/aromatic N) is 2. The van der Waals surface area contributed by atoms with Crippen molar-refractivity contribution in [1.29, 1.82) is 0 Å². The first-order valence-electron chi connectivity index (χ1n) is 3.90. The number of benzene rings is 1. The van der Waals surface area contributed by atoms with Crippen LogP contribution in [-0.4, -0.2) is 11.8 Å². The van der Waals surface area contributed by atoms with E-state index in [9.17, 15) is 9.59 Å². The summed E-state index contributed by atoms with van der Waals surface area (Å²) in [6.45, 7) is 1.79. The molecule has 0 fully saturated rings. The second-order valence-corrected chi connectivity index (χ2v) is 3.33. The molecule has 1 aliphatic rings. The minimum absolute atomic E-state index is 0.352. The number of amides is 2. The fourth-order valence-electron chi connectivity index (χ4n) is 1.15. The number of hydrogen-bond acceptors (Lipinski definition) is 2. The fraction of sp³-hybridized carbons (Fsp3) is 0.111. The highest BCUT2D eigenvalue weighted by Gasteiger charge is 2.15. The first kappa shape index (κ1) is 9.02. The predicted octanol–water partition coefficient (Wildman–Crippen LogP) is -0.0456. The first-order chi connectivity index (χ1) is 6.58. The summed E-state index contributed by atoms with van der Waals surface area (Å²) in [7, 11) is 0. The topological polar surface area (TPSA) is 58.9 Å². The van der Waals surface area contributed by atoms with Crippen LogP contribution in [0.15, 0.2) is 22.1 Å². The van der Waals surface area contributed by atoms with Gasteiger partial charge in [-0.25, -0.2) is 9.98 Å². The lowest BCUT2D eigenvalue weighted by atomic mass is 10.2. The summed E-state index contributed by atoms with van der Waals surface area (Å²) in [6, 6.07) is 3.16. The highest BCUT2D eigenvalue weighted by molar-refractivity contribution is 6.36. The van der Waals surface area contributed by atoms with E-state index in [0.29, 0.717) is 15.7 Å². The van der Waals surface area contributed by atoms with E-state index in [1.807, 2.05) is 0 Å². The number of aryl methyl sites for hydroxylation is 1. The molecule has 2 amide bonds. The Morgan fingerprint density at radius 2 is 1.57 bits per heavy atom. The lowest BCUT2D eigenvalue weighted by Gasteiger charge is -2.00. The van der Waals surface area contributed by atoms with E-state index in [-0.39, 0.29) is 0 Å². The molecule has 70 valence electrons. The molecule has 5 heteroatoms. The summed E-state index contributed by atoms with van der Waals surface area (Å²) in [5, 5.41) is 1.26. The largest absolute Gasteiger partial charge is 0.338 e. The van der Waals surface area contributed by atoms with Crippen molar-refractivity contribution in [3.8, 4) is 0 Å². The van der Waals surface area contributed by atoms with E-state index < -0.39 is 11.8 Å². The van der Waals surface area contributed by atoms with E-state index in [1.165, 1.54) is 6.07 Å². The summed E-state index contributed by atoms with van der Waals surface area (Å²) in [4.78, 5) is 29.0. The summed E-state index contributed by atoms with van der Waals surface area (Å²) < 4.78 is 0. The van der Waals surface area contributed by atoms with E-state index in [4.69, 9.17) is 11.6 Å². The average Bonchev–Trinajstić information content (AvgIpc) is 2.11. The third-order valence-electron chi connectivity index (χ3n) is 1.88. The van der Waals surface area contributed by atoms with E-state index >= 15 is 0 Å². The smallest absolute Gasteiger partial charge is 0.261 e. The maximum Gasteiger partial charge on any atom is 0.338 e. The van der Waals surface area contributed by atoms with Gasteiger partial charge in [-0.15, -0.1) is 0 Å². The van der Waals surface area contributed by atoms with Gasteiger partial charge < -0.3 is 0 Å². The number of carbonyl (C=O) groups excluding carboxylic acids is 2. The van der Waals surface area contributed by atoms with Crippen molar-refractivity contribution in [1.82, 2.24) is 0 Å². The van der Waals surface area contributed by atoms with Crippen LogP contribution in [0.25, 0.3) is 0 Å². The van der Waals surface area contributed by atoms with Gasteiger partial charge in [0.05, 0.1) is 10.7 Å². The van der Waals surface area contributed by atoms with Crippen LogP contribution in [0, 0.1) is 6.92 Å². The van der Waals surface area contributed by atoms with Gasteiger partial charge in [0.25, 0.3) is 0 Å². The lowest BCUT2D eigenvalue weighted by Crippen LogP contribution is -2.34. The van der Waals surface area contributed by atoms with Gasteiger partial charge >= 0.3 is 11.8 Å². The molecule has 0 spiro atoms. The van der Waals surface area contributed by atoms with E-state index in [1.54, 1.807) is 13.0 Å². The molecule has 0 radical (unpaired) electrons. The highest BCUT2D eigenvalue weighted by Crippen LogP contribution is 2.08. The molecular weight excluding hydrogens is 204 g/mol. The fourth-order valence-corrected chi connectivity index (χ4v) is 1.31. The van der Waals surface area contributed by atoms with E-state index in [2.05, 4.69) is 9.98 Å². The van der Waals surface area contributed by atoms with Gasteiger partial charge in [-0.1, -0.05) is 11.6 Å². The van der Waals surface area contributed by atoms with Crippen molar-refractivity contribution in [2.24, 2.45) is 9.98 Å². The molecule has 4 nitrogen and oxygen atoms in total. The molecule has 0 bridgehead atoms. The van der Waals surface area contributed by atoms with Gasteiger partial charge in [0.2, 0.25) is 0 Å². The minimum Gasteiger partial charge on any atom is -0.261 e. The van der Waals surface area contributed by atoms with Crippen molar-refractivity contribution < 1.29 is 9.59 Å². The molecule has 1 aliphatic heterocycles. The van der Waals surface area contributed by atoms with Gasteiger partial charge in [0, 0.05) is 5.02 Å². The van der Waals surface area contributed by atoms with Crippen molar-refractivity contribution >= 4 is 23.4 Å². The Morgan fingerprint density at radius 3 is 2.14 bits per heavy atom. The zero-order valence-electron chi connectivity index (χ0n) is 7.24. The molecule has 0 saturated heterocycles. The first-order valence-corrected chi connectivity index (χ1v) is 4.27. The Morgan fingerprint density at radius 1 is 1.07 bits per heavy atom. The zero-order chi connectivity index (χ0) is 10.3. The Bertz CT molecular complexity index is 512. The van der Waals surface area contributed by atoms with Crippen LogP contribution in [0.2, 0.25) is 5.02 Å². The number of rotatable bonds is 0. The third kappa shape index (κ3) is 1.33. The minimum atomic E-state index is -0.850. The molecule has 1 aromatic carbocycles. The second-order valence-electron chi connectivity index (χ2n) is 2.92. The maximum atomic E-state index is 10.9. The number of fused-ring (bicyclic) bond motifs is 1. The molecule has 0 saturated carbocycles. The average molecular weight is 209 g/mol. The van der Waals surface area contributed by atoms with Crippen LogP contribution in [0.4, 0.5) is 0 Å². The zero-order valence-corrected chi connectivity index (χ0v) is 8.00. The van der Waals surface area contributed by atoms with Gasteiger partial charge in [0.1, 0.15) is 0 Å². The predicted molar refractivity (Wildman–Crippen MR) is 48.5 cm³/mol. The molecule has 1 aromatic rings. The van der Waals surface area contributed by atoms with E-state index in [0.717, 1.165) is 5.56 Å². The molecular formula is C9H5ClN2O2. The normalized spacial score (nSPS) is 14.4. The van der Waals surface area contributed by atoms with Crippen LogP contribution in [0.1, 0.15) is 5.56 Å². The Kier molecular flexibility index (Phi) is 1.93. The standard InChI is InChI=1S/C9H5ClN2O2/c1-4-2-6-7(3-5(4)10)12-9(14)8(13)11-6/h2-3H,1H3. The molecule has 14 heavy (non-hydrogen) atoms. The molecule has 2 rings (SSSR count). The molecule has 0 aliphatic carbocycles. The molecule has 0 aromatic heterocycles. The molecule has 1 heterocycles. The van der Waals surface area contributed by atoms with Crippen LogP contribution in [0.5, 0.6) is 0 Å². The van der Waals surface area contributed by atoms with Gasteiger partial charge in [-0.05, 0) is 24.6 Å². The van der Waals surface area contributed by atoms with Crippen LogP contribution in [-0.2, 0) is 9.59 Å². The lowest BCUT2D eigenvalue weighted by molar-refractivity contribution is -0.135. The van der Waals surface area contributed by atoms with Crippen molar-refractivity contribution in [3.63, 3.8) is 0 Å².